The highest BCUT2D eigenvalue weighted by Gasteiger charge is 2.64. The lowest BCUT2D eigenvalue weighted by molar-refractivity contribution is -0.223. The molecule has 0 bridgehead atoms. The molecule has 0 amide bonds. The molecule has 6 atom stereocenters. The molecule has 2 N–H and O–H groups in total. The maximum atomic E-state index is 9.98. The number of hydrogen-bond donors (Lipinski definition) is 2. The molecule has 1 saturated heterocycles. The van der Waals surface area contributed by atoms with Crippen LogP contribution >= 0.6 is 11.8 Å². The molecule has 1 saturated carbocycles. The van der Waals surface area contributed by atoms with Gasteiger partial charge in [-0.05, 0) is 79.0 Å². The summed E-state index contributed by atoms with van der Waals surface area (Å²) in [5.41, 5.74) is 4.44. The minimum atomic E-state index is -0.941. The number of benzene rings is 2. The quantitative estimate of drug-likeness (QED) is 0.0311. The fourth-order valence-electron chi connectivity index (χ4n) is 10.4. The van der Waals surface area contributed by atoms with Gasteiger partial charge in [-0.3, -0.25) is 4.90 Å². The molecule has 63 heavy (non-hydrogen) atoms. The van der Waals surface area contributed by atoms with Gasteiger partial charge in [0.1, 0.15) is 24.7 Å². The third-order valence-electron chi connectivity index (χ3n) is 13.9. The molecule has 4 aliphatic rings. The van der Waals surface area contributed by atoms with Gasteiger partial charge in [-0.2, -0.15) is 11.8 Å². The topological polar surface area (TPSA) is 92.8 Å². The molecule has 2 aromatic carbocycles. The summed E-state index contributed by atoms with van der Waals surface area (Å²) >= 11 is 1.99. The minimum absolute atomic E-state index is 0.0242. The Morgan fingerprint density at radius 1 is 0.841 bits per heavy atom. The van der Waals surface area contributed by atoms with Crippen molar-refractivity contribution in [2.75, 3.05) is 51.8 Å². The number of nitrogens with zero attached hydrogens (tertiary/aromatic N) is 2. The van der Waals surface area contributed by atoms with Crippen molar-refractivity contribution < 1.29 is 29.3 Å². The zero-order valence-electron chi connectivity index (χ0n) is 38.9. The lowest BCUT2D eigenvalue weighted by Crippen LogP contribution is -2.64. The number of rotatable bonds is 34. The fourth-order valence-corrected chi connectivity index (χ4v) is 11.9. The molecule has 2 fully saturated rings. The minimum Gasteiger partial charge on any atom is -0.492 e. The predicted molar refractivity (Wildman–Crippen MR) is 261 cm³/mol. The Labute approximate surface area is 385 Å². The number of aliphatic hydroxyl groups is 2. The summed E-state index contributed by atoms with van der Waals surface area (Å²) in [7, 11) is 0. The summed E-state index contributed by atoms with van der Waals surface area (Å²) in [6, 6.07) is 16.7. The van der Waals surface area contributed by atoms with Crippen LogP contribution in [0.15, 0.2) is 78.0 Å². The van der Waals surface area contributed by atoms with Gasteiger partial charge in [0, 0.05) is 50.8 Å². The highest BCUT2D eigenvalue weighted by molar-refractivity contribution is 8.00. The average molecular weight is 887 g/mol. The van der Waals surface area contributed by atoms with E-state index < -0.39 is 5.79 Å². The third kappa shape index (κ3) is 14.8. The molecule has 2 heterocycles. The second-order valence-electron chi connectivity index (χ2n) is 18.7. The molecule has 9 heteroatoms. The Kier molecular flexibility index (Phi) is 21.7. The smallest absolute Gasteiger partial charge is 0.230 e. The van der Waals surface area contributed by atoms with E-state index in [-0.39, 0.29) is 42.1 Å². The van der Waals surface area contributed by atoms with Crippen molar-refractivity contribution >= 4 is 17.5 Å². The van der Waals surface area contributed by atoms with Crippen molar-refractivity contribution in [2.45, 2.75) is 165 Å². The van der Waals surface area contributed by atoms with Gasteiger partial charge in [0.05, 0.1) is 23.5 Å². The first-order valence-corrected chi connectivity index (χ1v) is 26.4. The van der Waals surface area contributed by atoms with Crippen molar-refractivity contribution in [1.82, 2.24) is 4.90 Å². The van der Waals surface area contributed by atoms with E-state index in [0.29, 0.717) is 26.2 Å². The predicted octanol–water partition coefficient (Wildman–Crippen LogP) is 12.4. The number of allylic oxidation sites excluding steroid dienone is 1. The first kappa shape index (κ1) is 49.6. The SMILES string of the molecule is C=CCOC12Oc3ccc(OCCN4CC4)cc3C3C(CCCCO)C(CCCCO)C=C(C(=NOCc4ccccc4)CC1SCCCCCCCCCCCCCCCC)C32. The van der Waals surface area contributed by atoms with Crippen LogP contribution in [0.3, 0.4) is 0 Å². The molecule has 0 aromatic heterocycles. The first-order valence-electron chi connectivity index (χ1n) is 25.3. The van der Waals surface area contributed by atoms with Crippen LogP contribution in [-0.2, 0) is 16.2 Å². The van der Waals surface area contributed by atoms with Crippen molar-refractivity contribution in [3.8, 4) is 11.5 Å². The third-order valence-corrected chi connectivity index (χ3v) is 15.3. The van der Waals surface area contributed by atoms with Gasteiger partial charge >= 0.3 is 0 Å². The van der Waals surface area contributed by atoms with Crippen molar-refractivity contribution in [2.24, 2.45) is 22.9 Å². The van der Waals surface area contributed by atoms with E-state index in [1.165, 1.54) is 94.6 Å². The van der Waals surface area contributed by atoms with Crippen LogP contribution in [0.2, 0.25) is 0 Å². The second-order valence-corrected chi connectivity index (χ2v) is 20.0. The zero-order valence-corrected chi connectivity index (χ0v) is 39.7. The Morgan fingerprint density at radius 3 is 2.19 bits per heavy atom. The normalized spacial score (nSPS) is 24.3. The largest absolute Gasteiger partial charge is 0.492 e. The van der Waals surface area contributed by atoms with E-state index in [2.05, 4.69) is 54.8 Å². The molecular formula is C54H82N2O6S. The highest BCUT2D eigenvalue weighted by Crippen LogP contribution is 2.62. The summed E-state index contributed by atoms with van der Waals surface area (Å²) < 4.78 is 21.0. The van der Waals surface area contributed by atoms with Crippen LogP contribution in [0.1, 0.15) is 159 Å². The molecule has 6 unspecified atom stereocenters. The summed E-state index contributed by atoms with van der Waals surface area (Å²) in [4.78, 5) is 8.66. The molecule has 350 valence electrons. The van der Waals surface area contributed by atoms with Crippen LogP contribution in [0.4, 0.5) is 0 Å². The first-order chi connectivity index (χ1) is 31.1. The molecule has 0 spiro atoms. The molecule has 2 aromatic rings. The van der Waals surface area contributed by atoms with Crippen LogP contribution in [0, 0.1) is 17.8 Å². The van der Waals surface area contributed by atoms with E-state index in [0.717, 1.165) is 93.1 Å². The molecule has 6 rings (SSSR count). The van der Waals surface area contributed by atoms with Crippen LogP contribution in [-0.4, -0.2) is 83.7 Å². The van der Waals surface area contributed by atoms with Crippen molar-refractivity contribution in [1.29, 1.82) is 0 Å². The van der Waals surface area contributed by atoms with Crippen molar-refractivity contribution in [3.63, 3.8) is 0 Å². The van der Waals surface area contributed by atoms with E-state index in [9.17, 15) is 10.2 Å². The van der Waals surface area contributed by atoms with Crippen molar-refractivity contribution in [3.05, 3.63) is 84.0 Å². The molecule has 2 aliphatic carbocycles. The van der Waals surface area contributed by atoms with Crippen LogP contribution in [0.25, 0.3) is 0 Å². The Balaban J connectivity index is 1.25. The summed E-state index contributed by atoms with van der Waals surface area (Å²) in [5, 5.41) is 24.9. The maximum Gasteiger partial charge on any atom is 0.230 e. The number of oxime groups is 1. The summed E-state index contributed by atoms with van der Waals surface area (Å²) in [5.74, 6) is 2.30. The van der Waals surface area contributed by atoms with Crippen LogP contribution in [0.5, 0.6) is 11.5 Å². The molecule has 2 aliphatic heterocycles. The Bertz CT molecular complexity index is 1670. The standard InChI is InChI=1S/C54H82N2O6S/c1-3-5-6-7-8-9-10-11-12-13-14-15-16-24-38-63-51-41-49(55-61-42-43-25-18-17-19-26-43)47-39-44(27-20-22-34-57)46(28-21-23-35-58)52-48-40-45(59-37-33-56-31-32-56)29-30-50(48)62-54(51,53(47)52)60-36-4-2/h4,17-19,25-26,29-30,39-40,44,46,51-53,57-58H,2-3,5-16,20-24,27-28,31-38,41-42H2,1H3. The van der Waals surface area contributed by atoms with E-state index >= 15 is 0 Å². The Hall–Kier alpha value is -2.82. The lowest BCUT2D eigenvalue weighted by Gasteiger charge is -2.58. The Morgan fingerprint density at radius 2 is 1.52 bits per heavy atom. The van der Waals surface area contributed by atoms with Gasteiger partial charge in [-0.25, -0.2) is 0 Å². The number of fused-ring (bicyclic) bond motifs is 2. The molecule has 8 nitrogen and oxygen atoms in total. The van der Waals surface area contributed by atoms with E-state index in [4.69, 9.17) is 24.2 Å². The number of thioether (sulfide) groups is 1. The molecular weight excluding hydrogens is 805 g/mol. The molecule has 0 radical (unpaired) electrons. The van der Waals surface area contributed by atoms with E-state index in [1.807, 2.05) is 36.0 Å². The van der Waals surface area contributed by atoms with Gasteiger partial charge in [-0.1, -0.05) is 151 Å². The number of ether oxygens (including phenoxy) is 3. The highest BCUT2D eigenvalue weighted by atomic mass is 32.2. The van der Waals surface area contributed by atoms with Gasteiger partial charge < -0.3 is 29.3 Å². The number of hydrogen-bond acceptors (Lipinski definition) is 9. The second kappa shape index (κ2) is 27.6. The van der Waals surface area contributed by atoms with Gasteiger partial charge in [0.25, 0.3) is 0 Å². The fraction of sp³-hybridized carbons (Fsp3) is 0.685. The number of aliphatic hydroxyl groups excluding tert-OH is 2. The number of unbranched alkanes of at least 4 members (excludes halogenated alkanes) is 15. The van der Waals surface area contributed by atoms with E-state index in [1.54, 1.807) is 0 Å². The average Bonchev–Trinajstić information content (AvgIpc) is 4.14. The van der Waals surface area contributed by atoms with Gasteiger partial charge in [0.2, 0.25) is 5.79 Å². The van der Waals surface area contributed by atoms with Crippen LogP contribution < -0.4 is 9.47 Å². The monoisotopic (exact) mass is 887 g/mol. The maximum absolute atomic E-state index is 9.98. The summed E-state index contributed by atoms with van der Waals surface area (Å²) in [6.07, 6.45) is 29.3. The zero-order chi connectivity index (χ0) is 44.0. The van der Waals surface area contributed by atoms with Gasteiger partial charge in [-0.15, -0.1) is 6.58 Å². The summed E-state index contributed by atoms with van der Waals surface area (Å²) in [6.45, 7) is 11.5. The van der Waals surface area contributed by atoms with Gasteiger partial charge in [0.15, 0.2) is 0 Å². The lowest BCUT2D eigenvalue weighted by atomic mass is 9.56.